The second-order valence-corrected chi connectivity index (χ2v) is 6.42. The highest BCUT2D eigenvalue weighted by molar-refractivity contribution is 5.80. The number of rotatable bonds is 6. The predicted molar refractivity (Wildman–Crippen MR) is 90.0 cm³/mol. The third-order valence-corrected chi connectivity index (χ3v) is 4.28. The van der Waals surface area contributed by atoms with Crippen molar-refractivity contribution < 1.29 is 4.79 Å². The van der Waals surface area contributed by atoms with Gasteiger partial charge in [-0.25, -0.2) is 4.98 Å². The SMILES string of the molecule is CC(C)N1CC[C@H](CNC(=O)CN(C)c2ccc(C#N)cn2)C1. The van der Waals surface area contributed by atoms with Gasteiger partial charge in [0, 0.05) is 32.4 Å². The minimum absolute atomic E-state index is 0.00153. The van der Waals surface area contributed by atoms with Crippen molar-refractivity contribution in [3.05, 3.63) is 23.9 Å². The van der Waals surface area contributed by atoms with Crippen LogP contribution in [0.15, 0.2) is 18.3 Å². The molecule has 0 unspecified atom stereocenters. The fourth-order valence-corrected chi connectivity index (χ4v) is 2.79. The highest BCUT2D eigenvalue weighted by Crippen LogP contribution is 2.17. The number of aromatic nitrogens is 1. The van der Waals surface area contributed by atoms with Crippen LogP contribution >= 0.6 is 0 Å². The Morgan fingerprint density at radius 1 is 1.57 bits per heavy atom. The lowest BCUT2D eigenvalue weighted by Gasteiger charge is -2.21. The average molecular weight is 315 g/mol. The topological polar surface area (TPSA) is 72.3 Å². The predicted octanol–water partition coefficient (Wildman–Crippen LogP) is 1.24. The van der Waals surface area contributed by atoms with Crippen molar-refractivity contribution in [1.82, 2.24) is 15.2 Å². The van der Waals surface area contributed by atoms with Crippen LogP contribution in [0.2, 0.25) is 0 Å². The van der Waals surface area contributed by atoms with Gasteiger partial charge in [0.25, 0.3) is 0 Å². The molecule has 1 atom stereocenters. The molecule has 0 aromatic carbocycles. The van der Waals surface area contributed by atoms with Gasteiger partial charge in [0.05, 0.1) is 12.1 Å². The summed E-state index contributed by atoms with van der Waals surface area (Å²) in [6, 6.07) is 6.06. The molecular weight excluding hydrogens is 290 g/mol. The summed E-state index contributed by atoms with van der Waals surface area (Å²) in [4.78, 5) is 20.5. The Balaban J connectivity index is 1.75. The van der Waals surface area contributed by atoms with E-state index in [1.54, 1.807) is 17.0 Å². The molecule has 1 N–H and O–H groups in total. The zero-order valence-corrected chi connectivity index (χ0v) is 14.1. The number of hydrogen-bond acceptors (Lipinski definition) is 5. The third kappa shape index (κ3) is 4.93. The number of amides is 1. The van der Waals surface area contributed by atoms with E-state index in [1.165, 1.54) is 6.20 Å². The number of anilines is 1. The van der Waals surface area contributed by atoms with E-state index in [0.717, 1.165) is 26.1 Å². The maximum atomic E-state index is 12.1. The van der Waals surface area contributed by atoms with Crippen LogP contribution in [-0.4, -0.2) is 55.1 Å². The molecule has 1 aliphatic heterocycles. The van der Waals surface area contributed by atoms with E-state index >= 15 is 0 Å². The number of nitrogens with zero attached hydrogens (tertiary/aromatic N) is 4. The molecule has 1 fully saturated rings. The highest BCUT2D eigenvalue weighted by atomic mass is 16.2. The summed E-state index contributed by atoms with van der Waals surface area (Å²) < 4.78 is 0. The zero-order chi connectivity index (χ0) is 16.8. The van der Waals surface area contributed by atoms with Gasteiger partial charge in [0.2, 0.25) is 5.91 Å². The molecule has 6 nitrogen and oxygen atoms in total. The molecule has 0 spiro atoms. The van der Waals surface area contributed by atoms with Gasteiger partial charge in [-0.2, -0.15) is 5.26 Å². The van der Waals surface area contributed by atoms with Gasteiger partial charge in [-0.15, -0.1) is 0 Å². The first kappa shape index (κ1) is 17.2. The molecule has 1 saturated heterocycles. The van der Waals surface area contributed by atoms with Gasteiger partial charge in [0.15, 0.2) is 0 Å². The molecule has 1 aromatic heterocycles. The minimum atomic E-state index is 0.00153. The zero-order valence-electron chi connectivity index (χ0n) is 14.1. The smallest absolute Gasteiger partial charge is 0.239 e. The first-order chi connectivity index (χ1) is 11.0. The van der Waals surface area contributed by atoms with Crippen molar-refractivity contribution in [3.8, 4) is 6.07 Å². The Morgan fingerprint density at radius 2 is 2.35 bits per heavy atom. The van der Waals surface area contributed by atoms with Crippen molar-refractivity contribution in [3.63, 3.8) is 0 Å². The fourth-order valence-electron chi connectivity index (χ4n) is 2.79. The Kier molecular flexibility index (Phi) is 5.94. The van der Waals surface area contributed by atoms with Crippen molar-refractivity contribution in [1.29, 1.82) is 5.26 Å². The standard InChI is InChI=1S/C17H25N5O/c1-13(2)22-7-6-15(11-22)10-20-17(23)12-21(3)16-5-4-14(8-18)9-19-16/h4-5,9,13,15H,6-7,10-12H2,1-3H3,(H,20,23)/t15-/m1/s1. The molecule has 1 amide bonds. The Hall–Kier alpha value is -2.13. The normalized spacial score (nSPS) is 18.0. The number of carbonyl (C=O) groups is 1. The first-order valence-electron chi connectivity index (χ1n) is 8.07. The lowest BCUT2D eigenvalue weighted by molar-refractivity contribution is -0.119. The average Bonchev–Trinajstić information content (AvgIpc) is 3.02. The summed E-state index contributed by atoms with van der Waals surface area (Å²) >= 11 is 0. The number of hydrogen-bond donors (Lipinski definition) is 1. The van der Waals surface area contributed by atoms with Crippen LogP contribution in [0.3, 0.4) is 0 Å². The second-order valence-electron chi connectivity index (χ2n) is 6.42. The molecule has 1 aliphatic rings. The quantitative estimate of drug-likeness (QED) is 0.855. The van der Waals surface area contributed by atoms with Gasteiger partial charge in [-0.05, 0) is 44.9 Å². The number of nitriles is 1. The second kappa shape index (κ2) is 7.93. The van der Waals surface area contributed by atoms with Crippen LogP contribution in [-0.2, 0) is 4.79 Å². The molecule has 0 aliphatic carbocycles. The molecule has 0 radical (unpaired) electrons. The number of nitrogens with one attached hydrogen (secondary N) is 1. The Bertz CT molecular complexity index is 563. The number of likely N-dealkylation sites (N-methyl/N-ethyl adjacent to an activating group) is 1. The first-order valence-corrected chi connectivity index (χ1v) is 8.07. The van der Waals surface area contributed by atoms with Gasteiger partial charge in [0.1, 0.15) is 11.9 Å². The molecule has 2 heterocycles. The van der Waals surface area contributed by atoms with E-state index in [0.29, 0.717) is 23.3 Å². The summed E-state index contributed by atoms with van der Waals surface area (Å²) in [7, 11) is 1.82. The van der Waals surface area contributed by atoms with Crippen molar-refractivity contribution >= 4 is 11.7 Å². The molecule has 23 heavy (non-hydrogen) atoms. The number of likely N-dealkylation sites (tertiary alicyclic amines) is 1. The van der Waals surface area contributed by atoms with Crippen molar-refractivity contribution in [2.75, 3.05) is 38.1 Å². The monoisotopic (exact) mass is 315 g/mol. The maximum Gasteiger partial charge on any atom is 0.239 e. The van der Waals surface area contributed by atoms with Crippen LogP contribution in [0.5, 0.6) is 0 Å². The van der Waals surface area contributed by atoms with E-state index in [2.05, 4.69) is 29.0 Å². The summed E-state index contributed by atoms with van der Waals surface area (Å²) in [5.41, 5.74) is 0.516. The van der Waals surface area contributed by atoms with Crippen LogP contribution in [0.25, 0.3) is 0 Å². The fraction of sp³-hybridized carbons (Fsp3) is 0.588. The van der Waals surface area contributed by atoms with Crippen LogP contribution < -0.4 is 10.2 Å². The molecule has 6 heteroatoms. The van der Waals surface area contributed by atoms with Crippen molar-refractivity contribution in [2.45, 2.75) is 26.3 Å². The maximum absolute atomic E-state index is 12.1. The van der Waals surface area contributed by atoms with Crippen LogP contribution in [0.1, 0.15) is 25.8 Å². The van der Waals surface area contributed by atoms with Crippen LogP contribution in [0, 0.1) is 17.2 Å². The summed E-state index contributed by atoms with van der Waals surface area (Å²) in [5, 5.41) is 11.8. The summed E-state index contributed by atoms with van der Waals surface area (Å²) in [5.74, 6) is 1.23. The number of pyridine rings is 1. The Labute approximate surface area is 138 Å². The molecule has 124 valence electrons. The molecule has 2 rings (SSSR count). The van der Waals surface area contributed by atoms with Gasteiger partial charge in [-0.3, -0.25) is 4.79 Å². The van der Waals surface area contributed by atoms with E-state index in [-0.39, 0.29) is 12.5 Å². The lowest BCUT2D eigenvalue weighted by Crippen LogP contribution is -2.38. The molecular formula is C17H25N5O. The minimum Gasteiger partial charge on any atom is -0.354 e. The lowest BCUT2D eigenvalue weighted by atomic mass is 10.1. The summed E-state index contributed by atoms with van der Waals surface area (Å²) in [6.45, 7) is 7.59. The van der Waals surface area contributed by atoms with Gasteiger partial charge < -0.3 is 15.1 Å². The largest absolute Gasteiger partial charge is 0.354 e. The summed E-state index contributed by atoms with van der Waals surface area (Å²) in [6.07, 6.45) is 2.66. The van der Waals surface area contributed by atoms with E-state index in [1.807, 2.05) is 13.1 Å². The van der Waals surface area contributed by atoms with Gasteiger partial charge >= 0.3 is 0 Å². The van der Waals surface area contributed by atoms with E-state index in [9.17, 15) is 4.79 Å². The molecule has 0 saturated carbocycles. The van der Waals surface area contributed by atoms with E-state index < -0.39 is 0 Å². The Morgan fingerprint density at radius 3 is 2.91 bits per heavy atom. The van der Waals surface area contributed by atoms with E-state index in [4.69, 9.17) is 5.26 Å². The molecule has 0 bridgehead atoms. The van der Waals surface area contributed by atoms with Crippen molar-refractivity contribution in [2.24, 2.45) is 5.92 Å². The number of carbonyl (C=O) groups excluding carboxylic acids is 1. The van der Waals surface area contributed by atoms with Crippen LogP contribution in [0.4, 0.5) is 5.82 Å². The third-order valence-electron chi connectivity index (χ3n) is 4.28. The molecule has 1 aromatic rings. The van der Waals surface area contributed by atoms with Gasteiger partial charge in [-0.1, -0.05) is 0 Å². The highest BCUT2D eigenvalue weighted by Gasteiger charge is 2.24.